The molecule has 0 heterocycles. The number of carbonyl (C=O) groups is 1. The summed E-state index contributed by atoms with van der Waals surface area (Å²) in [5, 5.41) is 2.35. The number of carbonyl (C=O) groups excluding carboxylic acids is 1. The van der Waals surface area contributed by atoms with Gasteiger partial charge in [-0.05, 0) is 31.2 Å². The zero-order valence-electron chi connectivity index (χ0n) is 12.7. The predicted octanol–water partition coefficient (Wildman–Crippen LogP) is 1.84. The van der Waals surface area contributed by atoms with Gasteiger partial charge in [0.1, 0.15) is 12.7 Å². The molecule has 1 amide bonds. The highest BCUT2D eigenvalue weighted by Gasteiger charge is 2.30. The number of nitrogens with one attached hydrogen (secondary N) is 1. The van der Waals surface area contributed by atoms with Crippen LogP contribution in [0.25, 0.3) is 0 Å². The quantitative estimate of drug-likeness (QED) is 0.846. The van der Waals surface area contributed by atoms with Crippen molar-refractivity contribution in [2.75, 3.05) is 26.0 Å². The molecule has 1 aromatic rings. The average Bonchev–Trinajstić information content (AvgIpc) is 2.44. The average molecular weight is 354 g/mol. The first-order valence-electron chi connectivity index (χ1n) is 6.45. The minimum absolute atomic E-state index is 0.0295. The van der Waals surface area contributed by atoms with E-state index in [1.54, 1.807) is 0 Å². The normalized spacial score (nSPS) is 13.9. The zero-order chi connectivity index (χ0) is 17.8. The molecular weight excluding hydrogens is 337 g/mol. The number of halogens is 3. The fraction of sp³-hybridized carbons (Fsp3) is 0.462. The van der Waals surface area contributed by atoms with Gasteiger partial charge in [0.05, 0.1) is 4.90 Å². The van der Waals surface area contributed by atoms with Crippen LogP contribution in [0, 0.1) is 0 Å². The van der Waals surface area contributed by atoms with Gasteiger partial charge in [-0.15, -0.1) is 0 Å². The van der Waals surface area contributed by atoms with E-state index in [9.17, 15) is 26.4 Å². The third-order valence-corrected chi connectivity index (χ3v) is 4.60. The van der Waals surface area contributed by atoms with Crippen LogP contribution in [-0.2, 0) is 19.6 Å². The number of anilines is 1. The molecule has 10 heteroatoms. The molecular formula is C13H17F3N2O4S. The van der Waals surface area contributed by atoms with Crippen molar-refractivity contribution in [1.29, 1.82) is 0 Å². The van der Waals surface area contributed by atoms with Gasteiger partial charge in [0.15, 0.2) is 0 Å². The Balaban J connectivity index is 2.70. The molecule has 1 aromatic carbocycles. The molecule has 0 saturated carbocycles. The second kappa shape index (κ2) is 7.28. The van der Waals surface area contributed by atoms with E-state index in [-0.39, 0.29) is 10.6 Å². The minimum Gasteiger partial charge on any atom is -0.359 e. The van der Waals surface area contributed by atoms with Gasteiger partial charge in [-0.1, -0.05) is 0 Å². The molecule has 1 atom stereocenters. The van der Waals surface area contributed by atoms with Gasteiger partial charge in [-0.2, -0.15) is 13.2 Å². The lowest BCUT2D eigenvalue weighted by molar-refractivity contribution is -0.184. The number of hydrogen-bond donors (Lipinski definition) is 1. The summed E-state index contributed by atoms with van der Waals surface area (Å²) < 4.78 is 65.2. The van der Waals surface area contributed by atoms with Gasteiger partial charge in [0.2, 0.25) is 10.0 Å². The summed E-state index contributed by atoms with van der Waals surface area (Å²) in [7, 11) is -0.833. The SMILES string of the molecule is C[C@H](OCC(F)(F)F)C(=O)Nc1ccc(S(=O)(=O)N(C)C)cc1. The van der Waals surface area contributed by atoms with E-state index in [1.165, 1.54) is 45.3 Å². The summed E-state index contributed by atoms with van der Waals surface area (Å²) in [5.74, 6) is -0.766. The Kier molecular flexibility index (Phi) is 6.14. The fourth-order valence-corrected chi connectivity index (χ4v) is 2.36. The van der Waals surface area contributed by atoms with Crippen LogP contribution in [0.3, 0.4) is 0 Å². The van der Waals surface area contributed by atoms with Gasteiger partial charge >= 0.3 is 6.18 Å². The van der Waals surface area contributed by atoms with E-state index in [4.69, 9.17) is 0 Å². The molecule has 6 nitrogen and oxygen atoms in total. The Bertz CT molecular complexity index is 642. The van der Waals surface area contributed by atoms with Crippen LogP contribution in [0.5, 0.6) is 0 Å². The number of rotatable bonds is 6. The number of benzene rings is 1. The van der Waals surface area contributed by atoms with E-state index in [0.717, 1.165) is 4.31 Å². The Morgan fingerprint density at radius 3 is 2.22 bits per heavy atom. The minimum atomic E-state index is -4.52. The molecule has 0 spiro atoms. The summed E-state index contributed by atoms with van der Waals surface area (Å²) in [6.45, 7) is -0.340. The Labute approximate surface area is 132 Å². The lowest BCUT2D eigenvalue weighted by Crippen LogP contribution is -2.31. The van der Waals surface area contributed by atoms with Crippen LogP contribution >= 0.6 is 0 Å². The van der Waals surface area contributed by atoms with Crippen molar-refractivity contribution in [2.45, 2.75) is 24.1 Å². The van der Waals surface area contributed by atoms with Crippen molar-refractivity contribution in [2.24, 2.45) is 0 Å². The number of nitrogens with zero attached hydrogens (tertiary/aromatic N) is 1. The van der Waals surface area contributed by atoms with Gasteiger partial charge in [0.25, 0.3) is 5.91 Å². The Hall–Kier alpha value is -1.65. The van der Waals surface area contributed by atoms with Crippen molar-refractivity contribution in [3.05, 3.63) is 24.3 Å². The largest absolute Gasteiger partial charge is 0.411 e. The van der Waals surface area contributed by atoms with Crippen LogP contribution in [0.15, 0.2) is 29.2 Å². The topological polar surface area (TPSA) is 75.7 Å². The molecule has 0 saturated heterocycles. The van der Waals surface area contributed by atoms with Crippen molar-refractivity contribution in [1.82, 2.24) is 4.31 Å². The second-order valence-electron chi connectivity index (χ2n) is 4.87. The zero-order valence-corrected chi connectivity index (χ0v) is 13.5. The molecule has 0 aliphatic carbocycles. The molecule has 1 N–H and O–H groups in total. The fourth-order valence-electron chi connectivity index (χ4n) is 1.46. The van der Waals surface area contributed by atoms with Gasteiger partial charge < -0.3 is 10.1 Å². The molecule has 130 valence electrons. The summed E-state index contributed by atoms with van der Waals surface area (Å²) in [5.41, 5.74) is 0.246. The van der Waals surface area contributed by atoms with E-state index in [0.29, 0.717) is 0 Å². The molecule has 0 aromatic heterocycles. The van der Waals surface area contributed by atoms with Crippen LogP contribution in [0.2, 0.25) is 0 Å². The summed E-state index contributed by atoms with van der Waals surface area (Å²) in [6.07, 6.45) is -5.82. The molecule has 0 fully saturated rings. The van der Waals surface area contributed by atoms with Crippen LogP contribution in [0.4, 0.5) is 18.9 Å². The van der Waals surface area contributed by atoms with Gasteiger partial charge in [-0.25, -0.2) is 12.7 Å². The monoisotopic (exact) mass is 354 g/mol. The standard InChI is InChI=1S/C13H17F3N2O4S/c1-9(22-8-13(14,15)16)12(19)17-10-4-6-11(7-5-10)23(20,21)18(2)3/h4-7,9H,8H2,1-3H3,(H,17,19)/t9-/m0/s1. The van der Waals surface area contributed by atoms with E-state index in [1.807, 2.05) is 0 Å². The number of ether oxygens (including phenoxy) is 1. The molecule has 0 unspecified atom stereocenters. The maximum absolute atomic E-state index is 12.0. The van der Waals surface area contributed by atoms with Crippen molar-refractivity contribution in [3.8, 4) is 0 Å². The lowest BCUT2D eigenvalue weighted by atomic mass is 10.3. The highest BCUT2D eigenvalue weighted by atomic mass is 32.2. The number of alkyl halides is 3. The molecule has 1 rings (SSSR count). The van der Waals surface area contributed by atoms with Gasteiger partial charge in [0, 0.05) is 19.8 Å². The predicted molar refractivity (Wildman–Crippen MR) is 77.4 cm³/mol. The van der Waals surface area contributed by atoms with E-state index < -0.39 is 34.8 Å². The first-order chi connectivity index (χ1) is 10.4. The third kappa shape index (κ3) is 5.81. The number of hydrogen-bond acceptors (Lipinski definition) is 4. The highest BCUT2D eigenvalue weighted by molar-refractivity contribution is 7.89. The van der Waals surface area contributed by atoms with E-state index >= 15 is 0 Å². The summed E-state index contributed by atoms with van der Waals surface area (Å²) in [6, 6.07) is 5.24. The molecule has 0 bridgehead atoms. The summed E-state index contributed by atoms with van der Waals surface area (Å²) in [4.78, 5) is 11.7. The molecule has 0 aliphatic heterocycles. The second-order valence-corrected chi connectivity index (χ2v) is 7.02. The maximum Gasteiger partial charge on any atom is 0.411 e. The van der Waals surface area contributed by atoms with Crippen molar-refractivity contribution < 1.29 is 31.1 Å². The van der Waals surface area contributed by atoms with Crippen molar-refractivity contribution in [3.63, 3.8) is 0 Å². The maximum atomic E-state index is 12.0. The summed E-state index contributed by atoms with van der Waals surface area (Å²) >= 11 is 0. The number of amides is 1. The lowest BCUT2D eigenvalue weighted by Gasteiger charge is -2.15. The third-order valence-electron chi connectivity index (χ3n) is 2.77. The van der Waals surface area contributed by atoms with Crippen LogP contribution in [0.1, 0.15) is 6.92 Å². The molecule has 0 radical (unpaired) electrons. The Morgan fingerprint density at radius 2 is 1.78 bits per heavy atom. The van der Waals surface area contributed by atoms with Crippen LogP contribution < -0.4 is 5.32 Å². The Morgan fingerprint density at radius 1 is 1.26 bits per heavy atom. The number of sulfonamides is 1. The highest BCUT2D eigenvalue weighted by Crippen LogP contribution is 2.18. The van der Waals surface area contributed by atoms with E-state index in [2.05, 4.69) is 10.1 Å². The molecule has 0 aliphatic rings. The molecule has 23 heavy (non-hydrogen) atoms. The first-order valence-corrected chi connectivity index (χ1v) is 7.89. The van der Waals surface area contributed by atoms with Crippen LogP contribution in [-0.4, -0.2) is 51.6 Å². The smallest absolute Gasteiger partial charge is 0.359 e. The first kappa shape index (κ1) is 19.4. The van der Waals surface area contributed by atoms with Crippen molar-refractivity contribution >= 4 is 21.6 Å². The van der Waals surface area contributed by atoms with Gasteiger partial charge in [-0.3, -0.25) is 4.79 Å².